The molecule has 0 aliphatic carbocycles. The van der Waals surface area contributed by atoms with Crippen LogP contribution in [0.15, 0.2) is 55.0 Å². The van der Waals surface area contributed by atoms with Crippen molar-refractivity contribution in [3.63, 3.8) is 0 Å². The van der Waals surface area contributed by atoms with Gasteiger partial charge in [-0.3, -0.25) is 15.4 Å². The third-order valence-corrected chi connectivity index (χ3v) is 3.52. The van der Waals surface area contributed by atoms with Crippen molar-refractivity contribution in [3.05, 3.63) is 66.2 Å². The van der Waals surface area contributed by atoms with E-state index in [4.69, 9.17) is 11.1 Å². The molecule has 0 radical (unpaired) electrons. The molecule has 3 aromatic heterocycles. The van der Waals surface area contributed by atoms with Gasteiger partial charge < -0.3 is 11.1 Å². The Kier molecular flexibility index (Phi) is 4.47. The topological polar surface area (TPSA) is 101 Å². The van der Waals surface area contributed by atoms with E-state index in [-0.39, 0.29) is 5.71 Å². The summed E-state index contributed by atoms with van der Waals surface area (Å²) in [5, 5.41) is 11.6. The van der Waals surface area contributed by atoms with E-state index in [1.807, 2.05) is 31.2 Å². The molecule has 6 heteroatoms. The third kappa shape index (κ3) is 3.22. The highest BCUT2D eigenvalue weighted by Gasteiger charge is 2.13. The Bertz CT molecular complexity index is 860. The highest BCUT2D eigenvalue weighted by molar-refractivity contribution is 6.13. The van der Waals surface area contributed by atoms with Crippen molar-refractivity contribution in [2.45, 2.75) is 6.92 Å². The highest BCUT2D eigenvalue weighted by Crippen LogP contribution is 2.22. The monoisotopic (exact) mass is 318 g/mol. The predicted octanol–water partition coefficient (Wildman–Crippen LogP) is 2.97. The molecule has 0 spiro atoms. The zero-order chi connectivity index (χ0) is 16.9. The second kappa shape index (κ2) is 6.87. The smallest absolute Gasteiger partial charge is 0.126 e. The first-order chi connectivity index (χ1) is 11.7. The number of pyridine rings is 3. The molecule has 6 nitrogen and oxygen atoms in total. The van der Waals surface area contributed by atoms with Crippen LogP contribution in [0.3, 0.4) is 0 Å². The standard InChI is InChI=1S/C18H18N6/c1-2-22-17-7-3-6-15(24-17)18(20)13-9-16(23-11-14(13)19)12-5-4-8-21-10-12/h3-11,20H,2,19H2,1H3,(H,22,24). The van der Waals surface area contributed by atoms with Gasteiger partial charge in [-0.15, -0.1) is 0 Å². The van der Waals surface area contributed by atoms with Gasteiger partial charge in [-0.25, -0.2) is 4.98 Å². The molecule has 0 saturated heterocycles. The van der Waals surface area contributed by atoms with Crippen molar-refractivity contribution in [1.29, 1.82) is 5.41 Å². The predicted molar refractivity (Wildman–Crippen MR) is 96.2 cm³/mol. The van der Waals surface area contributed by atoms with Crippen molar-refractivity contribution < 1.29 is 0 Å². The molecule has 3 heterocycles. The summed E-state index contributed by atoms with van der Waals surface area (Å²) in [5.74, 6) is 0.736. The first kappa shape index (κ1) is 15.6. The zero-order valence-electron chi connectivity index (χ0n) is 13.3. The summed E-state index contributed by atoms with van der Waals surface area (Å²) in [4.78, 5) is 12.9. The maximum absolute atomic E-state index is 8.49. The van der Waals surface area contributed by atoms with Crippen LogP contribution in [0.4, 0.5) is 11.5 Å². The lowest BCUT2D eigenvalue weighted by Crippen LogP contribution is -2.10. The second-order valence-electron chi connectivity index (χ2n) is 5.21. The van der Waals surface area contributed by atoms with Crippen LogP contribution in [0.25, 0.3) is 11.3 Å². The Morgan fingerprint density at radius 3 is 2.83 bits per heavy atom. The summed E-state index contributed by atoms with van der Waals surface area (Å²) in [6.45, 7) is 2.77. The van der Waals surface area contributed by atoms with Crippen LogP contribution in [0.2, 0.25) is 0 Å². The van der Waals surface area contributed by atoms with E-state index in [9.17, 15) is 0 Å². The van der Waals surface area contributed by atoms with Crippen molar-refractivity contribution in [3.8, 4) is 11.3 Å². The highest BCUT2D eigenvalue weighted by atomic mass is 15.0. The number of nitrogens with zero attached hydrogens (tertiary/aromatic N) is 3. The number of nitrogens with one attached hydrogen (secondary N) is 2. The molecule has 0 aliphatic heterocycles. The molecule has 4 N–H and O–H groups in total. The molecule has 0 atom stereocenters. The SMILES string of the molecule is CCNc1cccc(C(=N)c2cc(-c3cccnc3)ncc2N)n1. The molecular formula is C18H18N6. The van der Waals surface area contributed by atoms with E-state index >= 15 is 0 Å². The molecule has 0 bridgehead atoms. The Labute approximate surface area is 140 Å². The third-order valence-electron chi connectivity index (χ3n) is 3.52. The molecule has 0 saturated carbocycles. The van der Waals surface area contributed by atoms with E-state index < -0.39 is 0 Å². The average Bonchev–Trinajstić information content (AvgIpc) is 2.63. The number of hydrogen-bond acceptors (Lipinski definition) is 6. The van der Waals surface area contributed by atoms with Crippen LogP contribution in [-0.4, -0.2) is 27.2 Å². The maximum atomic E-state index is 8.49. The summed E-state index contributed by atoms with van der Waals surface area (Å²) in [6, 6.07) is 11.1. The molecule has 3 rings (SSSR count). The molecule has 0 amide bonds. The minimum atomic E-state index is 0.264. The number of rotatable bonds is 5. The molecular weight excluding hydrogens is 300 g/mol. The number of aromatic nitrogens is 3. The van der Waals surface area contributed by atoms with Gasteiger partial charge in [-0.2, -0.15) is 0 Å². The van der Waals surface area contributed by atoms with Gasteiger partial charge in [0.25, 0.3) is 0 Å². The van der Waals surface area contributed by atoms with Gasteiger partial charge in [0, 0.05) is 30.1 Å². The van der Waals surface area contributed by atoms with E-state index in [0.717, 1.165) is 23.6 Å². The summed E-state index contributed by atoms with van der Waals surface area (Å²) in [6.07, 6.45) is 5.01. The number of nitrogen functional groups attached to an aromatic ring is 1. The van der Waals surface area contributed by atoms with Crippen molar-refractivity contribution in [1.82, 2.24) is 15.0 Å². The first-order valence-corrected chi connectivity index (χ1v) is 7.65. The van der Waals surface area contributed by atoms with E-state index in [2.05, 4.69) is 20.3 Å². The van der Waals surface area contributed by atoms with Crippen molar-refractivity contribution in [2.24, 2.45) is 0 Å². The zero-order valence-corrected chi connectivity index (χ0v) is 13.3. The Hall–Kier alpha value is -3.28. The normalized spacial score (nSPS) is 10.4. The Morgan fingerprint density at radius 1 is 1.21 bits per heavy atom. The van der Waals surface area contributed by atoms with Crippen molar-refractivity contribution in [2.75, 3.05) is 17.6 Å². The van der Waals surface area contributed by atoms with Gasteiger partial charge in [0.2, 0.25) is 0 Å². The minimum Gasteiger partial charge on any atom is -0.397 e. The van der Waals surface area contributed by atoms with Gasteiger partial charge in [0.15, 0.2) is 0 Å². The Morgan fingerprint density at radius 2 is 2.08 bits per heavy atom. The molecule has 3 aromatic rings. The lowest BCUT2D eigenvalue weighted by molar-refractivity contribution is 1.15. The fourth-order valence-electron chi connectivity index (χ4n) is 2.35. The largest absolute Gasteiger partial charge is 0.397 e. The van der Waals surface area contributed by atoms with Gasteiger partial charge in [0.1, 0.15) is 5.82 Å². The second-order valence-corrected chi connectivity index (χ2v) is 5.21. The minimum absolute atomic E-state index is 0.264. The first-order valence-electron chi connectivity index (χ1n) is 7.65. The summed E-state index contributed by atoms with van der Waals surface area (Å²) < 4.78 is 0. The van der Waals surface area contributed by atoms with Crippen LogP contribution < -0.4 is 11.1 Å². The fourth-order valence-corrected chi connectivity index (χ4v) is 2.35. The van der Waals surface area contributed by atoms with Crippen LogP contribution >= 0.6 is 0 Å². The summed E-state index contributed by atoms with van der Waals surface area (Å²) in [5.41, 5.74) is 9.51. The molecule has 24 heavy (non-hydrogen) atoms. The molecule has 120 valence electrons. The van der Waals surface area contributed by atoms with E-state index in [1.165, 1.54) is 0 Å². The quantitative estimate of drug-likeness (QED) is 0.628. The van der Waals surface area contributed by atoms with Crippen LogP contribution in [0.5, 0.6) is 0 Å². The number of hydrogen-bond donors (Lipinski definition) is 3. The van der Waals surface area contributed by atoms with Crippen LogP contribution in [0.1, 0.15) is 18.2 Å². The summed E-state index contributed by atoms with van der Waals surface area (Å²) in [7, 11) is 0. The molecule has 0 unspecified atom stereocenters. The van der Waals surface area contributed by atoms with Crippen LogP contribution in [0, 0.1) is 5.41 Å². The Balaban J connectivity index is 1.99. The van der Waals surface area contributed by atoms with Gasteiger partial charge >= 0.3 is 0 Å². The molecule has 0 aromatic carbocycles. The van der Waals surface area contributed by atoms with Gasteiger partial charge in [0.05, 0.1) is 29.0 Å². The lowest BCUT2D eigenvalue weighted by Gasteiger charge is -2.10. The van der Waals surface area contributed by atoms with Gasteiger partial charge in [-0.05, 0) is 37.3 Å². The van der Waals surface area contributed by atoms with Crippen LogP contribution in [-0.2, 0) is 0 Å². The average molecular weight is 318 g/mol. The summed E-state index contributed by atoms with van der Waals surface area (Å²) >= 11 is 0. The van der Waals surface area contributed by atoms with E-state index in [0.29, 0.717) is 16.9 Å². The molecule has 0 aliphatic rings. The maximum Gasteiger partial charge on any atom is 0.126 e. The van der Waals surface area contributed by atoms with E-state index in [1.54, 1.807) is 30.7 Å². The molecule has 0 fully saturated rings. The van der Waals surface area contributed by atoms with Crippen molar-refractivity contribution >= 4 is 17.2 Å². The number of anilines is 2. The lowest BCUT2D eigenvalue weighted by atomic mass is 10.0. The number of nitrogens with two attached hydrogens (primary N) is 1. The van der Waals surface area contributed by atoms with Gasteiger partial charge in [-0.1, -0.05) is 6.07 Å². The fraction of sp³-hybridized carbons (Fsp3) is 0.111.